The van der Waals surface area contributed by atoms with Gasteiger partial charge in [0.2, 0.25) is 0 Å². The van der Waals surface area contributed by atoms with E-state index in [0.717, 1.165) is 5.56 Å². The van der Waals surface area contributed by atoms with Crippen LogP contribution in [-0.4, -0.2) is 52.1 Å². The highest BCUT2D eigenvalue weighted by molar-refractivity contribution is 6.07. The molecule has 2 fully saturated rings. The Kier molecular flexibility index (Phi) is 5.02. The summed E-state index contributed by atoms with van der Waals surface area (Å²) in [5.74, 6) is -0.273. The van der Waals surface area contributed by atoms with Gasteiger partial charge in [-0.2, -0.15) is 5.26 Å². The first-order chi connectivity index (χ1) is 13.1. The number of ether oxygens (including phenoxy) is 1. The fraction of sp³-hybridized carbons (Fsp3) is 0.500. The van der Waals surface area contributed by atoms with Crippen molar-refractivity contribution in [2.45, 2.75) is 51.3 Å². The molecule has 148 valence electrons. The first kappa shape index (κ1) is 19.7. The Balaban J connectivity index is 1.65. The molecule has 2 saturated heterocycles. The SMILES string of the molecule is CC(C)(C)OC(=O)N1CCC2(CC1)NC(=O)N(Cc1ccc(C#N)cc1)C2=O. The molecule has 2 heterocycles. The Hall–Kier alpha value is -3.08. The molecule has 0 radical (unpaired) electrons. The van der Waals surface area contributed by atoms with Gasteiger partial charge in [0.15, 0.2) is 0 Å². The minimum absolute atomic E-state index is 0.147. The number of carbonyl (C=O) groups excluding carboxylic acids is 3. The average Bonchev–Trinajstić information content (AvgIpc) is 2.85. The summed E-state index contributed by atoms with van der Waals surface area (Å²) in [6.07, 6.45) is 0.287. The van der Waals surface area contributed by atoms with Crippen LogP contribution in [-0.2, 0) is 16.1 Å². The number of rotatable bonds is 2. The number of nitrogens with one attached hydrogen (secondary N) is 1. The number of urea groups is 1. The molecule has 1 spiro atoms. The molecule has 2 aliphatic rings. The maximum Gasteiger partial charge on any atom is 0.410 e. The lowest BCUT2D eigenvalue weighted by Crippen LogP contribution is -2.56. The third kappa shape index (κ3) is 3.93. The molecule has 4 amide bonds. The average molecular weight is 384 g/mol. The number of imide groups is 1. The van der Waals surface area contributed by atoms with Crippen LogP contribution in [0.3, 0.4) is 0 Å². The molecule has 1 N–H and O–H groups in total. The van der Waals surface area contributed by atoms with Crippen LogP contribution in [0.15, 0.2) is 24.3 Å². The van der Waals surface area contributed by atoms with Crippen molar-refractivity contribution in [1.82, 2.24) is 15.1 Å². The molecule has 1 aromatic rings. The highest BCUT2D eigenvalue weighted by Crippen LogP contribution is 2.31. The van der Waals surface area contributed by atoms with Crippen LogP contribution in [0, 0.1) is 11.3 Å². The summed E-state index contributed by atoms with van der Waals surface area (Å²) in [5, 5.41) is 11.7. The number of hydrogen-bond acceptors (Lipinski definition) is 5. The number of benzene rings is 1. The van der Waals surface area contributed by atoms with Gasteiger partial charge in [0.05, 0.1) is 18.2 Å². The molecule has 3 rings (SSSR count). The van der Waals surface area contributed by atoms with Crippen molar-refractivity contribution >= 4 is 18.0 Å². The van der Waals surface area contributed by atoms with Gasteiger partial charge in [0.25, 0.3) is 5.91 Å². The minimum atomic E-state index is -0.970. The van der Waals surface area contributed by atoms with E-state index in [0.29, 0.717) is 31.5 Å². The van der Waals surface area contributed by atoms with Crippen LogP contribution < -0.4 is 5.32 Å². The molecule has 1 aromatic carbocycles. The zero-order valence-electron chi connectivity index (χ0n) is 16.3. The van der Waals surface area contributed by atoms with Gasteiger partial charge >= 0.3 is 12.1 Å². The first-order valence-electron chi connectivity index (χ1n) is 9.25. The van der Waals surface area contributed by atoms with Crippen molar-refractivity contribution in [3.05, 3.63) is 35.4 Å². The van der Waals surface area contributed by atoms with Crippen molar-refractivity contribution < 1.29 is 19.1 Å². The number of nitrogens with zero attached hydrogens (tertiary/aromatic N) is 3. The summed E-state index contributed by atoms with van der Waals surface area (Å²) < 4.78 is 5.38. The van der Waals surface area contributed by atoms with Gasteiger partial charge < -0.3 is 15.0 Å². The highest BCUT2D eigenvalue weighted by atomic mass is 16.6. The van der Waals surface area contributed by atoms with E-state index in [1.165, 1.54) is 4.90 Å². The van der Waals surface area contributed by atoms with E-state index < -0.39 is 23.3 Å². The molecule has 28 heavy (non-hydrogen) atoms. The van der Waals surface area contributed by atoms with Crippen LogP contribution in [0.4, 0.5) is 9.59 Å². The number of nitriles is 1. The lowest BCUT2D eigenvalue weighted by atomic mass is 9.87. The molecule has 2 aliphatic heterocycles. The molecule has 0 saturated carbocycles. The first-order valence-corrected chi connectivity index (χ1v) is 9.25. The summed E-state index contributed by atoms with van der Waals surface area (Å²) in [4.78, 5) is 40.4. The van der Waals surface area contributed by atoms with Crippen LogP contribution in [0.5, 0.6) is 0 Å². The van der Waals surface area contributed by atoms with E-state index in [-0.39, 0.29) is 12.5 Å². The summed E-state index contributed by atoms with van der Waals surface area (Å²) in [5.41, 5.74) is -0.262. The van der Waals surface area contributed by atoms with Crippen molar-refractivity contribution in [2.75, 3.05) is 13.1 Å². The monoisotopic (exact) mass is 384 g/mol. The molecular weight excluding hydrogens is 360 g/mol. The second-order valence-corrected chi connectivity index (χ2v) is 8.18. The van der Waals surface area contributed by atoms with E-state index in [1.807, 2.05) is 6.07 Å². The quantitative estimate of drug-likeness (QED) is 0.789. The van der Waals surface area contributed by atoms with E-state index in [1.54, 1.807) is 49.9 Å². The molecule has 0 aromatic heterocycles. The second kappa shape index (κ2) is 7.15. The van der Waals surface area contributed by atoms with Crippen molar-refractivity contribution in [1.29, 1.82) is 5.26 Å². The van der Waals surface area contributed by atoms with E-state index in [2.05, 4.69) is 5.32 Å². The molecule has 0 unspecified atom stereocenters. The number of amides is 4. The zero-order chi connectivity index (χ0) is 20.5. The van der Waals surface area contributed by atoms with E-state index in [9.17, 15) is 14.4 Å². The number of piperidine rings is 1. The predicted octanol–water partition coefficient (Wildman–Crippen LogP) is 2.38. The number of carbonyl (C=O) groups is 3. The van der Waals surface area contributed by atoms with Gasteiger partial charge in [-0.15, -0.1) is 0 Å². The molecule has 8 heteroatoms. The van der Waals surface area contributed by atoms with Gasteiger partial charge in [0, 0.05) is 13.1 Å². The lowest BCUT2D eigenvalue weighted by molar-refractivity contribution is -0.133. The Bertz CT molecular complexity index is 827. The van der Waals surface area contributed by atoms with Gasteiger partial charge in [-0.05, 0) is 51.3 Å². The van der Waals surface area contributed by atoms with Gasteiger partial charge in [-0.25, -0.2) is 9.59 Å². The van der Waals surface area contributed by atoms with Crippen LogP contribution in [0.25, 0.3) is 0 Å². The zero-order valence-corrected chi connectivity index (χ0v) is 16.3. The Morgan fingerprint density at radius 2 is 1.82 bits per heavy atom. The third-order valence-corrected chi connectivity index (χ3v) is 4.94. The van der Waals surface area contributed by atoms with Crippen LogP contribution in [0.2, 0.25) is 0 Å². The van der Waals surface area contributed by atoms with Gasteiger partial charge in [0.1, 0.15) is 11.1 Å². The summed E-state index contributed by atoms with van der Waals surface area (Å²) in [6.45, 7) is 6.24. The third-order valence-electron chi connectivity index (χ3n) is 4.94. The van der Waals surface area contributed by atoms with Crippen LogP contribution in [0.1, 0.15) is 44.7 Å². The van der Waals surface area contributed by atoms with E-state index in [4.69, 9.17) is 10.00 Å². The lowest BCUT2D eigenvalue weighted by Gasteiger charge is -2.37. The Morgan fingerprint density at radius 3 is 2.36 bits per heavy atom. The minimum Gasteiger partial charge on any atom is -0.444 e. The fourth-order valence-electron chi connectivity index (χ4n) is 3.42. The molecule has 0 atom stereocenters. The highest BCUT2D eigenvalue weighted by Gasteiger charge is 2.52. The molecule has 8 nitrogen and oxygen atoms in total. The maximum atomic E-state index is 13.0. The smallest absolute Gasteiger partial charge is 0.410 e. The summed E-state index contributed by atoms with van der Waals surface area (Å²) in [6, 6.07) is 8.38. The molecular formula is C20H24N4O4. The Morgan fingerprint density at radius 1 is 1.21 bits per heavy atom. The maximum absolute atomic E-state index is 13.0. The fourth-order valence-corrected chi connectivity index (χ4v) is 3.42. The van der Waals surface area contributed by atoms with Gasteiger partial charge in [-0.3, -0.25) is 9.69 Å². The second-order valence-electron chi connectivity index (χ2n) is 8.18. The molecule has 0 aliphatic carbocycles. The number of hydrogen-bond donors (Lipinski definition) is 1. The summed E-state index contributed by atoms with van der Waals surface area (Å²) in [7, 11) is 0. The van der Waals surface area contributed by atoms with Gasteiger partial charge in [-0.1, -0.05) is 12.1 Å². The van der Waals surface area contributed by atoms with Crippen LogP contribution >= 0.6 is 0 Å². The molecule has 0 bridgehead atoms. The van der Waals surface area contributed by atoms with Crippen molar-refractivity contribution in [2.24, 2.45) is 0 Å². The van der Waals surface area contributed by atoms with Crippen molar-refractivity contribution in [3.8, 4) is 6.07 Å². The Labute approximate surface area is 164 Å². The topological polar surface area (TPSA) is 103 Å². The largest absolute Gasteiger partial charge is 0.444 e. The summed E-state index contributed by atoms with van der Waals surface area (Å²) >= 11 is 0. The predicted molar refractivity (Wildman–Crippen MR) is 100 cm³/mol. The van der Waals surface area contributed by atoms with E-state index >= 15 is 0 Å². The normalized spacial score (nSPS) is 18.8. The van der Waals surface area contributed by atoms with Crippen molar-refractivity contribution in [3.63, 3.8) is 0 Å². The standard InChI is InChI=1S/C20H24N4O4/c1-19(2,3)28-18(27)23-10-8-20(9-11-23)16(25)24(17(26)22-20)13-15-6-4-14(12-21)5-7-15/h4-7H,8-11,13H2,1-3H3,(H,22,26). The number of likely N-dealkylation sites (tertiary alicyclic amines) is 1.